The molecule has 1 amide bonds. The number of nitriles is 1. The number of carbonyl (C=O) groups excluding carboxylic acids is 2. The number of ether oxygens (including phenoxy) is 2. The van der Waals surface area contributed by atoms with Gasteiger partial charge in [0.05, 0.1) is 24.5 Å². The van der Waals surface area contributed by atoms with Gasteiger partial charge in [0.15, 0.2) is 11.7 Å². The van der Waals surface area contributed by atoms with Crippen LogP contribution in [0.2, 0.25) is 0 Å². The molecule has 0 saturated carbocycles. The van der Waals surface area contributed by atoms with Gasteiger partial charge in [-0.25, -0.2) is 0 Å². The van der Waals surface area contributed by atoms with Gasteiger partial charge >= 0.3 is 0 Å². The number of nitrogens with zero attached hydrogens (tertiary/aromatic N) is 1. The van der Waals surface area contributed by atoms with Gasteiger partial charge in [-0.15, -0.1) is 0 Å². The zero-order valence-corrected chi connectivity index (χ0v) is 13.8. The van der Waals surface area contributed by atoms with Crippen molar-refractivity contribution in [3.63, 3.8) is 0 Å². The number of Topliss-reactive ketones (excluding diaryl/α,β-unsaturated/α-hetero) is 1. The van der Waals surface area contributed by atoms with Crippen LogP contribution in [0.25, 0.3) is 0 Å². The molecule has 2 atom stereocenters. The summed E-state index contributed by atoms with van der Waals surface area (Å²) in [6, 6.07) is 8.74. The van der Waals surface area contributed by atoms with Crippen molar-refractivity contribution in [1.29, 1.82) is 5.26 Å². The summed E-state index contributed by atoms with van der Waals surface area (Å²) in [5.41, 5.74) is 0.455. The lowest BCUT2D eigenvalue weighted by Crippen LogP contribution is -2.29. The molecule has 1 saturated heterocycles. The summed E-state index contributed by atoms with van der Waals surface area (Å²) in [6.07, 6.45) is 2.71. The Bertz CT molecular complexity index is 618. The van der Waals surface area contributed by atoms with Gasteiger partial charge < -0.3 is 14.8 Å². The highest BCUT2D eigenvalue weighted by molar-refractivity contribution is 6.09. The molecular weight excluding hydrogens is 308 g/mol. The van der Waals surface area contributed by atoms with Crippen molar-refractivity contribution in [3.8, 4) is 11.8 Å². The second kappa shape index (κ2) is 9.04. The smallest absolute Gasteiger partial charge is 0.249 e. The van der Waals surface area contributed by atoms with Gasteiger partial charge in [0, 0.05) is 13.0 Å². The number of rotatable bonds is 8. The van der Waals surface area contributed by atoms with E-state index >= 15 is 0 Å². The fourth-order valence-corrected chi connectivity index (χ4v) is 2.65. The van der Waals surface area contributed by atoms with Gasteiger partial charge in [0.1, 0.15) is 5.75 Å². The Kier molecular flexibility index (Phi) is 6.76. The summed E-state index contributed by atoms with van der Waals surface area (Å²) in [6.45, 7) is 3.01. The van der Waals surface area contributed by atoms with E-state index in [0.29, 0.717) is 24.5 Å². The molecule has 1 N–H and O–H groups in total. The average molecular weight is 330 g/mol. The first-order valence-electron chi connectivity index (χ1n) is 8.22. The van der Waals surface area contributed by atoms with Gasteiger partial charge in [-0.3, -0.25) is 9.59 Å². The highest BCUT2D eigenvalue weighted by Crippen LogP contribution is 2.24. The summed E-state index contributed by atoms with van der Waals surface area (Å²) >= 11 is 0. The molecule has 24 heavy (non-hydrogen) atoms. The topological polar surface area (TPSA) is 88.4 Å². The van der Waals surface area contributed by atoms with Crippen LogP contribution in [-0.2, 0) is 14.3 Å². The molecule has 0 bridgehead atoms. The summed E-state index contributed by atoms with van der Waals surface area (Å²) in [5.74, 6) is -1.81. The van der Waals surface area contributed by atoms with Crippen molar-refractivity contribution in [2.75, 3.05) is 18.5 Å². The van der Waals surface area contributed by atoms with Crippen LogP contribution in [0.1, 0.15) is 32.6 Å². The lowest BCUT2D eigenvalue weighted by atomic mass is 9.98. The fraction of sp³-hybridized carbons (Fsp3) is 0.500. The minimum absolute atomic E-state index is 0.0648. The molecule has 2 unspecified atom stereocenters. The Morgan fingerprint density at radius 3 is 2.92 bits per heavy atom. The molecule has 0 aliphatic carbocycles. The van der Waals surface area contributed by atoms with Crippen LogP contribution in [0.4, 0.5) is 5.69 Å². The average Bonchev–Trinajstić information content (AvgIpc) is 3.09. The van der Waals surface area contributed by atoms with Gasteiger partial charge in [-0.1, -0.05) is 12.1 Å². The Morgan fingerprint density at radius 1 is 1.46 bits per heavy atom. The molecule has 1 fully saturated rings. The predicted octanol–water partition coefficient (Wildman–Crippen LogP) is 2.69. The summed E-state index contributed by atoms with van der Waals surface area (Å²) in [4.78, 5) is 24.5. The van der Waals surface area contributed by atoms with E-state index in [-0.39, 0.29) is 18.3 Å². The highest BCUT2D eigenvalue weighted by atomic mass is 16.5. The maximum Gasteiger partial charge on any atom is 0.249 e. The lowest BCUT2D eigenvalue weighted by molar-refractivity contribution is -0.129. The number of para-hydroxylation sites is 2. The number of amides is 1. The summed E-state index contributed by atoms with van der Waals surface area (Å²) in [7, 11) is 0. The van der Waals surface area contributed by atoms with E-state index in [9.17, 15) is 14.9 Å². The predicted molar refractivity (Wildman–Crippen MR) is 88.6 cm³/mol. The Hall–Kier alpha value is -2.39. The zero-order chi connectivity index (χ0) is 17.4. The number of carbonyl (C=O) groups is 2. The standard InChI is InChI=1S/C18H22N2O4/c1-2-23-17-8-4-3-7-15(17)20-18(22)14(12-19)16(21)10-9-13-6-5-11-24-13/h3-4,7-8,13-14H,2,5-6,9-11H2,1H3,(H,20,22). The molecule has 2 rings (SSSR count). The normalized spacial score (nSPS) is 17.8. The molecule has 0 aromatic heterocycles. The van der Waals surface area contributed by atoms with Gasteiger partial charge in [-0.05, 0) is 38.3 Å². The molecule has 0 spiro atoms. The third-order valence-electron chi connectivity index (χ3n) is 3.89. The fourth-order valence-electron chi connectivity index (χ4n) is 2.65. The lowest BCUT2D eigenvalue weighted by Gasteiger charge is -2.14. The van der Waals surface area contributed by atoms with E-state index < -0.39 is 11.8 Å². The molecule has 6 nitrogen and oxygen atoms in total. The van der Waals surface area contributed by atoms with Crippen molar-refractivity contribution in [1.82, 2.24) is 0 Å². The molecule has 0 radical (unpaired) electrons. The molecular formula is C18H22N2O4. The van der Waals surface area contributed by atoms with Gasteiger partial charge in [-0.2, -0.15) is 5.26 Å². The first-order valence-corrected chi connectivity index (χ1v) is 8.22. The summed E-state index contributed by atoms with van der Waals surface area (Å²) < 4.78 is 10.9. The number of benzene rings is 1. The highest BCUT2D eigenvalue weighted by Gasteiger charge is 2.28. The third kappa shape index (κ3) is 4.80. The molecule has 1 heterocycles. The van der Waals surface area contributed by atoms with Crippen LogP contribution in [0.5, 0.6) is 5.75 Å². The minimum atomic E-state index is -1.32. The SMILES string of the molecule is CCOc1ccccc1NC(=O)C(C#N)C(=O)CCC1CCCO1. The minimum Gasteiger partial charge on any atom is -0.492 e. The van der Waals surface area contributed by atoms with Crippen LogP contribution in [0, 0.1) is 17.2 Å². The van der Waals surface area contributed by atoms with Crippen molar-refractivity contribution in [2.45, 2.75) is 38.7 Å². The quantitative estimate of drug-likeness (QED) is 0.740. The van der Waals surface area contributed by atoms with E-state index in [2.05, 4.69) is 5.32 Å². The third-order valence-corrected chi connectivity index (χ3v) is 3.89. The second-order valence-corrected chi connectivity index (χ2v) is 5.62. The van der Waals surface area contributed by atoms with E-state index in [0.717, 1.165) is 19.4 Å². The van der Waals surface area contributed by atoms with Crippen molar-refractivity contribution < 1.29 is 19.1 Å². The van der Waals surface area contributed by atoms with Crippen LogP contribution < -0.4 is 10.1 Å². The van der Waals surface area contributed by atoms with E-state index in [1.165, 1.54) is 0 Å². The van der Waals surface area contributed by atoms with Crippen molar-refractivity contribution in [3.05, 3.63) is 24.3 Å². The van der Waals surface area contributed by atoms with E-state index in [1.54, 1.807) is 30.3 Å². The van der Waals surface area contributed by atoms with Crippen LogP contribution in [0.15, 0.2) is 24.3 Å². The van der Waals surface area contributed by atoms with Gasteiger partial charge in [0.2, 0.25) is 5.91 Å². The van der Waals surface area contributed by atoms with Crippen molar-refractivity contribution in [2.24, 2.45) is 5.92 Å². The largest absolute Gasteiger partial charge is 0.492 e. The number of hydrogen-bond donors (Lipinski definition) is 1. The zero-order valence-electron chi connectivity index (χ0n) is 13.8. The molecule has 1 aromatic carbocycles. The van der Waals surface area contributed by atoms with Crippen LogP contribution in [0.3, 0.4) is 0 Å². The number of anilines is 1. The Labute approximate surface area is 141 Å². The second-order valence-electron chi connectivity index (χ2n) is 5.62. The number of nitrogens with one attached hydrogen (secondary N) is 1. The van der Waals surface area contributed by atoms with Crippen molar-refractivity contribution >= 4 is 17.4 Å². The maximum atomic E-state index is 12.3. The van der Waals surface area contributed by atoms with E-state index in [1.807, 2.05) is 6.92 Å². The molecule has 6 heteroatoms. The number of hydrogen-bond acceptors (Lipinski definition) is 5. The van der Waals surface area contributed by atoms with Gasteiger partial charge in [0.25, 0.3) is 0 Å². The first kappa shape index (κ1) is 18.0. The molecule has 1 aliphatic heterocycles. The number of ketones is 1. The monoisotopic (exact) mass is 330 g/mol. The summed E-state index contributed by atoms with van der Waals surface area (Å²) in [5, 5.41) is 11.8. The maximum absolute atomic E-state index is 12.3. The van der Waals surface area contributed by atoms with E-state index in [4.69, 9.17) is 9.47 Å². The molecule has 1 aliphatic rings. The Morgan fingerprint density at radius 2 is 2.25 bits per heavy atom. The van der Waals surface area contributed by atoms with Crippen LogP contribution >= 0.6 is 0 Å². The first-order chi connectivity index (χ1) is 11.7. The van der Waals surface area contributed by atoms with Crippen LogP contribution in [-0.4, -0.2) is 31.0 Å². The molecule has 1 aromatic rings. The molecule has 128 valence electrons. The Balaban J connectivity index is 1.95.